The number of ether oxygens (including phenoxy) is 2. The molecule has 3 heterocycles. The van der Waals surface area contributed by atoms with E-state index < -0.39 is 41.6 Å². The second-order valence-electron chi connectivity index (χ2n) is 18.4. The van der Waals surface area contributed by atoms with Gasteiger partial charge in [0, 0.05) is 30.3 Å². The maximum atomic E-state index is 14.0. The number of hydrogen-bond donors (Lipinski definition) is 5. The minimum atomic E-state index is -0.921. The van der Waals surface area contributed by atoms with Crippen molar-refractivity contribution in [2.24, 2.45) is 22.7 Å². The van der Waals surface area contributed by atoms with Crippen LogP contribution in [0.1, 0.15) is 65.2 Å². The monoisotopic (exact) mass is 879 g/mol. The van der Waals surface area contributed by atoms with Gasteiger partial charge in [0.25, 0.3) is 0 Å². The van der Waals surface area contributed by atoms with Crippen LogP contribution in [0.3, 0.4) is 0 Å². The number of hydrogen-bond acceptors (Lipinski definition) is 9. The van der Waals surface area contributed by atoms with Crippen molar-refractivity contribution in [2.45, 2.75) is 72.1 Å². The third-order valence-electron chi connectivity index (χ3n) is 12.5. The third-order valence-corrected chi connectivity index (χ3v) is 12.5. The molecule has 1 aliphatic heterocycles. The van der Waals surface area contributed by atoms with Crippen molar-refractivity contribution in [3.8, 4) is 46.0 Å². The van der Waals surface area contributed by atoms with Crippen molar-refractivity contribution >= 4 is 41.0 Å². The summed E-state index contributed by atoms with van der Waals surface area (Å²) >= 11 is 0. The predicted molar refractivity (Wildman–Crippen MR) is 249 cm³/mol. The molecule has 1 saturated carbocycles. The summed E-state index contributed by atoms with van der Waals surface area (Å²) in [6.45, 7) is 14.5. The lowest BCUT2D eigenvalue weighted by Crippen LogP contribution is -2.55. The molecular formula is C50H57N9O6. The highest BCUT2D eigenvalue weighted by Gasteiger charge is 2.58. The molecule has 0 radical (unpaired) electrons. The third kappa shape index (κ3) is 9.67. The summed E-state index contributed by atoms with van der Waals surface area (Å²) in [5, 5.41) is 15.3. The molecule has 2 aromatic heterocycles. The van der Waals surface area contributed by atoms with Crippen LogP contribution in [0.25, 0.3) is 44.4 Å². The van der Waals surface area contributed by atoms with Crippen LogP contribution < -0.4 is 10.6 Å². The largest absolute Gasteiger partial charge is 0.453 e. The molecule has 2 aliphatic rings. The van der Waals surface area contributed by atoms with Gasteiger partial charge in [0.15, 0.2) is 0 Å². The highest BCUT2D eigenvalue weighted by atomic mass is 16.5. The van der Waals surface area contributed by atoms with E-state index in [0.717, 1.165) is 69.0 Å². The van der Waals surface area contributed by atoms with Crippen LogP contribution in [-0.2, 0) is 25.6 Å². The lowest BCUT2D eigenvalue weighted by molar-refractivity contribution is -0.137. The van der Waals surface area contributed by atoms with Gasteiger partial charge in [0.2, 0.25) is 11.8 Å². The Labute approximate surface area is 379 Å². The molecule has 15 nitrogen and oxygen atoms in total. The highest BCUT2D eigenvalue weighted by Crippen LogP contribution is 2.61. The summed E-state index contributed by atoms with van der Waals surface area (Å²) in [6, 6.07) is 18.6. The molecule has 1 spiro atoms. The summed E-state index contributed by atoms with van der Waals surface area (Å²) in [5.74, 6) is 2.35. The molecule has 65 heavy (non-hydrogen) atoms. The van der Waals surface area contributed by atoms with Crippen molar-refractivity contribution < 1.29 is 28.7 Å². The molecular weight excluding hydrogens is 823 g/mol. The number of amides is 4. The van der Waals surface area contributed by atoms with E-state index in [2.05, 4.69) is 74.5 Å². The Morgan fingerprint density at radius 3 is 2.11 bits per heavy atom. The first-order chi connectivity index (χ1) is 31.0. The maximum Gasteiger partial charge on any atom is 0.407 e. The van der Waals surface area contributed by atoms with Crippen molar-refractivity contribution in [3.05, 3.63) is 96.9 Å². The van der Waals surface area contributed by atoms with Gasteiger partial charge in [-0.1, -0.05) is 95.6 Å². The molecule has 7 rings (SSSR count). The van der Waals surface area contributed by atoms with E-state index in [-0.39, 0.29) is 36.2 Å². The number of nitrogens with one attached hydrogen (secondary N) is 5. The Hall–Kier alpha value is -7.21. The Bertz CT molecular complexity index is 2660. The normalized spacial score (nSPS) is 16.7. The van der Waals surface area contributed by atoms with Gasteiger partial charge < -0.3 is 45.3 Å². The molecule has 1 saturated heterocycles. The van der Waals surface area contributed by atoms with E-state index in [1.807, 2.05) is 63.8 Å². The van der Waals surface area contributed by atoms with E-state index in [1.165, 1.54) is 19.1 Å². The number of aromatic nitrogens is 4. The van der Waals surface area contributed by atoms with Gasteiger partial charge in [-0.25, -0.2) is 19.6 Å². The number of alkyl carbamates (subject to hydrolysis) is 2. The lowest BCUT2D eigenvalue weighted by atomic mass is 9.85. The van der Waals surface area contributed by atoms with Crippen molar-refractivity contribution in [2.75, 3.05) is 27.3 Å². The summed E-state index contributed by atoms with van der Waals surface area (Å²) < 4.78 is 9.61. The fourth-order valence-electron chi connectivity index (χ4n) is 8.48. The molecule has 3 aromatic carbocycles. The first-order valence-electron chi connectivity index (χ1n) is 21.7. The standard InChI is InChI=1S/C50H57N9O6/c1-10-31(23-51)26-58(46(61)43(49(5,6)7)57-48(63)65-9)27-40-52-24-38(54-40)33-13-11-32(12-14-33)34-15-16-36-22-37(18-17-35(36)21-34)39-25-53-44(55-39)42-30(4)50(19-20-50)28-59(42)45(60)41(29(2)3)56-47(62)64-8/h1,11-18,21-25,29,31,41-43,51H,4,19-20,26-28H2,2-3,5-9H3,(H,52,54)(H,53,55)(H,56,62)(H,57,63)/t31-,41+,42+,43-/m1/s1. The molecule has 0 bridgehead atoms. The van der Waals surface area contributed by atoms with Crippen LogP contribution >= 0.6 is 0 Å². The Morgan fingerprint density at radius 2 is 1.51 bits per heavy atom. The van der Waals surface area contributed by atoms with Gasteiger partial charge >= 0.3 is 12.2 Å². The molecule has 338 valence electrons. The molecule has 5 N–H and O–H groups in total. The number of benzene rings is 3. The van der Waals surface area contributed by atoms with Gasteiger partial charge in [0.1, 0.15) is 29.8 Å². The number of fused-ring (bicyclic) bond motifs is 1. The van der Waals surface area contributed by atoms with Crippen LogP contribution in [0.4, 0.5) is 9.59 Å². The van der Waals surface area contributed by atoms with Gasteiger partial charge in [0.05, 0.1) is 50.5 Å². The van der Waals surface area contributed by atoms with Gasteiger partial charge in [-0.2, -0.15) is 0 Å². The second-order valence-corrected chi connectivity index (χ2v) is 18.4. The van der Waals surface area contributed by atoms with Crippen LogP contribution in [-0.4, -0.2) is 99.3 Å². The highest BCUT2D eigenvalue weighted by molar-refractivity contribution is 5.91. The van der Waals surface area contributed by atoms with Crippen LogP contribution in [0, 0.1) is 40.4 Å². The first kappa shape index (κ1) is 45.8. The van der Waals surface area contributed by atoms with Gasteiger partial charge in [-0.3, -0.25) is 9.59 Å². The van der Waals surface area contributed by atoms with Crippen molar-refractivity contribution in [3.63, 3.8) is 0 Å². The minimum absolute atomic E-state index is 0.0642. The number of methoxy groups -OCH3 is 2. The lowest BCUT2D eigenvalue weighted by Gasteiger charge is -2.34. The van der Waals surface area contributed by atoms with Crippen molar-refractivity contribution in [1.82, 2.24) is 40.4 Å². The number of nitrogens with zero attached hydrogens (tertiary/aromatic N) is 4. The molecule has 1 aliphatic carbocycles. The SMILES string of the molecule is C#C[C@H](C=N)CN(Cc1ncc(-c2ccc(-c3ccc4cc(-c5cnc([C@@H]6C(=C)C7(CC7)CN6C(=O)[C@@H](NC(=O)OC)C(C)C)[nH]5)ccc4c3)cc2)[nH]1)C(=O)[C@@H](NC(=O)OC)C(C)(C)C. The topological polar surface area (TPSA) is 198 Å². The first-order valence-corrected chi connectivity index (χ1v) is 21.7. The number of H-pyrrole nitrogens is 2. The van der Waals surface area contributed by atoms with E-state index in [4.69, 9.17) is 26.3 Å². The fraction of sp³-hybridized carbons (Fsp3) is 0.380. The Morgan fingerprint density at radius 1 is 0.923 bits per heavy atom. The minimum Gasteiger partial charge on any atom is -0.453 e. The van der Waals surface area contributed by atoms with Crippen LogP contribution in [0.15, 0.2) is 85.2 Å². The number of likely N-dealkylation sites (tertiary alicyclic amines) is 1. The zero-order chi connectivity index (χ0) is 46.8. The van der Waals surface area contributed by atoms with Crippen LogP contribution in [0.5, 0.6) is 0 Å². The second kappa shape index (κ2) is 18.5. The summed E-state index contributed by atoms with van der Waals surface area (Å²) in [6.07, 6.45) is 10.8. The number of rotatable bonds is 14. The molecule has 15 heteroatoms. The zero-order valence-corrected chi connectivity index (χ0v) is 38.0. The molecule has 4 atom stereocenters. The molecule has 0 unspecified atom stereocenters. The van der Waals surface area contributed by atoms with Gasteiger partial charge in [-0.15, -0.1) is 6.42 Å². The summed E-state index contributed by atoms with van der Waals surface area (Å²) in [5.41, 5.74) is 5.68. The quantitative estimate of drug-likeness (QED) is 0.0422. The number of terminal acetylenes is 1. The summed E-state index contributed by atoms with van der Waals surface area (Å²) in [4.78, 5) is 71.8. The van der Waals surface area contributed by atoms with E-state index in [1.54, 1.807) is 12.4 Å². The predicted octanol–water partition coefficient (Wildman–Crippen LogP) is 7.89. The zero-order valence-electron chi connectivity index (χ0n) is 38.0. The van der Waals surface area contributed by atoms with E-state index in [9.17, 15) is 19.2 Å². The van der Waals surface area contributed by atoms with Crippen molar-refractivity contribution in [1.29, 1.82) is 5.41 Å². The maximum absolute atomic E-state index is 14.0. The Balaban J connectivity index is 1.06. The van der Waals surface area contributed by atoms with E-state index >= 15 is 0 Å². The average molecular weight is 880 g/mol. The molecule has 2 fully saturated rings. The Kier molecular flexibility index (Phi) is 13.0. The number of carbonyl (C=O) groups is 4. The number of aromatic amines is 2. The van der Waals surface area contributed by atoms with E-state index in [0.29, 0.717) is 18.2 Å². The van der Waals surface area contributed by atoms with Gasteiger partial charge in [-0.05, 0) is 69.3 Å². The molecule has 4 amide bonds. The van der Waals surface area contributed by atoms with Crippen LogP contribution in [0.2, 0.25) is 0 Å². The fourth-order valence-corrected chi connectivity index (χ4v) is 8.48. The number of imidazole rings is 2. The molecule has 5 aromatic rings. The number of carbonyl (C=O) groups excluding carboxylic acids is 4. The smallest absolute Gasteiger partial charge is 0.407 e. The summed E-state index contributed by atoms with van der Waals surface area (Å²) in [7, 11) is 2.53. The average Bonchev–Trinajstić information content (AvgIpc) is 3.55.